The van der Waals surface area contributed by atoms with Gasteiger partial charge in [0.25, 0.3) is 11.8 Å². The predicted octanol–water partition coefficient (Wildman–Crippen LogP) is 3.21. The molecule has 0 radical (unpaired) electrons. The van der Waals surface area contributed by atoms with Gasteiger partial charge in [0.05, 0.1) is 11.3 Å². The third-order valence-electron chi connectivity index (χ3n) is 3.82. The Morgan fingerprint density at radius 3 is 2.46 bits per heavy atom. The van der Waals surface area contributed by atoms with E-state index in [0.29, 0.717) is 23.6 Å². The molecule has 2 amide bonds. The van der Waals surface area contributed by atoms with Crippen molar-refractivity contribution in [1.29, 1.82) is 0 Å². The first-order valence-corrected chi connectivity index (χ1v) is 8.29. The van der Waals surface area contributed by atoms with Gasteiger partial charge in [0, 0.05) is 12.6 Å². The lowest BCUT2D eigenvalue weighted by Gasteiger charge is -2.10. The number of aromatic nitrogens is 1. The first-order valence-electron chi connectivity index (χ1n) is 8.29. The summed E-state index contributed by atoms with van der Waals surface area (Å²) in [6, 6.07) is 18.3. The molecule has 0 fully saturated rings. The molecule has 0 saturated heterocycles. The summed E-state index contributed by atoms with van der Waals surface area (Å²) in [5.74, 6) is -0.123. The highest BCUT2D eigenvalue weighted by Crippen LogP contribution is 2.16. The topological polar surface area (TPSA) is 84.2 Å². The van der Waals surface area contributed by atoms with Crippen LogP contribution in [0, 0.1) is 6.92 Å². The molecule has 0 bridgehead atoms. The Kier molecular flexibility index (Phi) is 5.43. The lowest BCUT2D eigenvalue weighted by molar-refractivity contribution is 0.0955. The maximum atomic E-state index is 12.5. The van der Waals surface area contributed by atoms with Crippen molar-refractivity contribution < 1.29 is 14.1 Å². The van der Waals surface area contributed by atoms with Gasteiger partial charge in [-0.1, -0.05) is 47.6 Å². The van der Waals surface area contributed by atoms with Gasteiger partial charge in [-0.3, -0.25) is 9.59 Å². The second kappa shape index (κ2) is 8.11. The van der Waals surface area contributed by atoms with Crippen molar-refractivity contribution in [3.05, 3.63) is 83.2 Å². The molecule has 1 aromatic heterocycles. The molecule has 0 aliphatic rings. The number of para-hydroxylation sites is 1. The number of carbonyl (C=O) groups is 2. The van der Waals surface area contributed by atoms with Gasteiger partial charge in [0.2, 0.25) is 0 Å². The van der Waals surface area contributed by atoms with E-state index < -0.39 is 5.91 Å². The number of hydrogen-bond acceptors (Lipinski definition) is 4. The summed E-state index contributed by atoms with van der Waals surface area (Å²) in [6.45, 7) is 2.21. The van der Waals surface area contributed by atoms with E-state index in [2.05, 4.69) is 15.8 Å². The smallest absolute Gasteiger partial charge is 0.277 e. The van der Waals surface area contributed by atoms with Crippen LogP contribution in [0.5, 0.6) is 0 Å². The molecule has 6 heteroatoms. The average Bonchev–Trinajstić information content (AvgIpc) is 3.09. The zero-order valence-electron chi connectivity index (χ0n) is 14.4. The van der Waals surface area contributed by atoms with Gasteiger partial charge in [0.1, 0.15) is 5.76 Å². The molecule has 6 nitrogen and oxygen atoms in total. The van der Waals surface area contributed by atoms with Crippen LogP contribution < -0.4 is 10.6 Å². The Labute approximate surface area is 151 Å². The fraction of sp³-hybridized carbons (Fsp3) is 0.150. The van der Waals surface area contributed by atoms with Gasteiger partial charge >= 0.3 is 0 Å². The number of nitrogens with zero attached hydrogens (tertiary/aromatic N) is 1. The van der Waals surface area contributed by atoms with Crippen molar-refractivity contribution in [2.24, 2.45) is 0 Å². The molecular formula is C20H19N3O3. The minimum Gasteiger partial charge on any atom is -0.361 e. The molecule has 3 aromatic rings. The normalized spacial score (nSPS) is 10.3. The van der Waals surface area contributed by atoms with Crippen molar-refractivity contribution in [2.45, 2.75) is 13.3 Å². The van der Waals surface area contributed by atoms with Crippen LogP contribution in [0.3, 0.4) is 0 Å². The summed E-state index contributed by atoms with van der Waals surface area (Å²) >= 11 is 0. The largest absolute Gasteiger partial charge is 0.361 e. The number of aryl methyl sites for hydroxylation is 1. The van der Waals surface area contributed by atoms with Crippen LogP contribution in [0.25, 0.3) is 0 Å². The molecule has 3 rings (SSSR count). The molecule has 132 valence electrons. The molecule has 0 aliphatic carbocycles. The van der Waals surface area contributed by atoms with E-state index >= 15 is 0 Å². The van der Waals surface area contributed by atoms with Crippen LogP contribution in [-0.2, 0) is 6.42 Å². The zero-order valence-corrected chi connectivity index (χ0v) is 14.4. The minimum atomic E-state index is -0.425. The van der Waals surface area contributed by atoms with Gasteiger partial charge in [-0.05, 0) is 31.0 Å². The van der Waals surface area contributed by atoms with Crippen LogP contribution in [0.2, 0.25) is 0 Å². The van der Waals surface area contributed by atoms with Gasteiger partial charge in [-0.2, -0.15) is 0 Å². The summed E-state index contributed by atoms with van der Waals surface area (Å²) in [5.41, 5.74) is 2.14. The highest BCUT2D eigenvalue weighted by Gasteiger charge is 2.16. The monoisotopic (exact) mass is 349 g/mol. The first kappa shape index (κ1) is 17.4. The van der Waals surface area contributed by atoms with E-state index in [9.17, 15) is 9.59 Å². The maximum absolute atomic E-state index is 12.5. The average molecular weight is 349 g/mol. The molecule has 2 aromatic carbocycles. The highest BCUT2D eigenvalue weighted by atomic mass is 16.5. The van der Waals surface area contributed by atoms with E-state index in [1.165, 1.54) is 6.07 Å². The van der Waals surface area contributed by atoms with Crippen LogP contribution in [-0.4, -0.2) is 23.5 Å². The molecule has 0 aliphatic heterocycles. The summed E-state index contributed by atoms with van der Waals surface area (Å²) in [7, 11) is 0. The van der Waals surface area contributed by atoms with E-state index in [-0.39, 0.29) is 11.6 Å². The molecule has 26 heavy (non-hydrogen) atoms. The zero-order chi connectivity index (χ0) is 18.4. The Morgan fingerprint density at radius 2 is 1.73 bits per heavy atom. The summed E-state index contributed by atoms with van der Waals surface area (Å²) < 4.78 is 4.91. The Bertz CT molecular complexity index is 903. The van der Waals surface area contributed by atoms with Gasteiger partial charge in [-0.25, -0.2) is 0 Å². The summed E-state index contributed by atoms with van der Waals surface area (Å²) in [6.07, 6.45) is 0.735. The van der Waals surface area contributed by atoms with Crippen molar-refractivity contribution in [3.8, 4) is 0 Å². The number of carbonyl (C=O) groups excluding carboxylic acids is 2. The van der Waals surface area contributed by atoms with Crippen LogP contribution in [0.15, 0.2) is 65.2 Å². The summed E-state index contributed by atoms with van der Waals surface area (Å²) in [4.78, 5) is 24.7. The van der Waals surface area contributed by atoms with Gasteiger partial charge < -0.3 is 15.2 Å². The van der Waals surface area contributed by atoms with E-state index in [0.717, 1.165) is 12.0 Å². The number of amides is 2. The van der Waals surface area contributed by atoms with Crippen molar-refractivity contribution >= 4 is 17.5 Å². The van der Waals surface area contributed by atoms with Crippen LogP contribution in [0.1, 0.15) is 32.2 Å². The van der Waals surface area contributed by atoms with Crippen LogP contribution >= 0.6 is 0 Å². The van der Waals surface area contributed by atoms with Crippen molar-refractivity contribution in [3.63, 3.8) is 0 Å². The molecule has 0 unspecified atom stereocenters. The molecule has 0 atom stereocenters. The minimum absolute atomic E-state index is 0.168. The molecule has 2 N–H and O–H groups in total. The molecular weight excluding hydrogens is 330 g/mol. The second-order valence-electron chi connectivity index (χ2n) is 5.81. The Morgan fingerprint density at radius 1 is 1.00 bits per heavy atom. The number of benzene rings is 2. The lowest BCUT2D eigenvalue weighted by atomic mass is 10.1. The molecule has 1 heterocycles. The third kappa shape index (κ3) is 4.36. The number of rotatable bonds is 6. The second-order valence-corrected chi connectivity index (χ2v) is 5.81. The molecule has 0 saturated carbocycles. The number of nitrogens with one attached hydrogen (secondary N) is 2. The van der Waals surface area contributed by atoms with Gasteiger partial charge in [0.15, 0.2) is 5.69 Å². The fourth-order valence-corrected chi connectivity index (χ4v) is 2.51. The lowest BCUT2D eigenvalue weighted by Crippen LogP contribution is -2.27. The first-order chi connectivity index (χ1) is 12.6. The third-order valence-corrected chi connectivity index (χ3v) is 3.82. The molecule has 0 spiro atoms. The fourth-order valence-electron chi connectivity index (χ4n) is 2.51. The summed E-state index contributed by atoms with van der Waals surface area (Å²) in [5, 5.41) is 9.27. The van der Waals surface area contributed by atoms with E-state index in [4.69, 9.17) is 4.52 Å². The number of hydrogen-bond donors (Lipinski definition) is 2. The quantitative estimate of drug-likeness (QED) is 0.716. The van der Waals surface area contributed by atoms with Gasteiger partial charge in [-0.15, -0.1) is 0 Å². The maximum Gasteiger partial charge on any atom is 0.277 e. The standard InChI is InChI=1S/C20H19N3O3/c1-14-13-18(23-26-14)20(25)22-17-10-6-5-9-16(17)19(24)21-12-11-15-7-3-2-4-8-15/h2-10,13H,11-12H2,1H3,(H,21,24)(H,22,25). The van der Waals surface area contributed by atoms with Crippen LogP contribution in [0.4, 0.5) is 5.69 Å². The van der Waals surface area contributed by atoms with E-state index in [1.807, 2.05) is 30.3 Å². The Hall–Kier alpha value is -3.41. The Balaban J connectivity index is 1.64. The number of anilines is 1. The predicted molar refractivity (Wildman–Crippen MR) is 98.1 cm³/mol. The SMILES string of the molecule is Cc1cc(C(=O)Nc2ccccc2C(=O)NCCc2ccccc2)no1. The van der Waals surface area contributed by atoms with Crippen molar-refractivity contribution in [1.82, 2.24) is 10.5 Å². The highest BCUT2D eigenvalue weighted by molar-refractivity contribution is 6.08. The van der Waals surface area contributed by atoms with E-state index in [1.54, 1.807) is 31.2 Å². The van der Waals surface area contributed by atoms with Crippen molar-refractivity contribution in [2.75, 3.05) is 11.9 Å².